The lowest BCUT2D eigenvalue weighted by molar-refractivity contribution is -0.0885. The van der Waals surface area contributed by atoms with E-state index < -0.39 is 5.60 Å². The average molecular weight is 306 g/mol. The number of hydrogen-bond donors (Lipinski definition) is 2. The summed E-state index contributed by atoms with van der Waals surface area (Å²) in [4.78, 5) is 0. The largest absolute Gasteiger partial charge is 0.396 e. The molecule has 2 rings (SSSR count). The summed E-state index contributed by atoms with van der Waals surface area (Å²) in [6.45, 7) is 14.9. The predicted octanol–water partition coefficient (Wildman–Crippen LogP) is 4.47. The van der Waals surface area contributed by atoms with Crippen molar-refractivity contribution in [2.75, 3.05) is 6.61 Å². The van der Waals surface area contributed by atoms with Gasteiger partial charge < -0.3 is 10.2 Å². The third-order valence-electron chi connectivity index (χ3n) is 6.88. The van der Waals surface area contributed by atoms with E-state index in [0.29, 0.717) is 11.8 Å². The maximum absolute atomic E-state index is 10.3. The molecule has 0 aromatic carbocycles. The monoisotopic (exact) mass is 306 g/mol. The minimum Gasteiger partial charge on any atom is -0.396 e. The van der Waals surface area contributed by atoms with Gasteiger partial charge in [-0.05, 0) is 68.1 Å². The highest BCUT2D eigenvalue weighted by molar-refractivity contribution is 5.16. The van der Waals surface area contributed by atoms with Crippen LogP contribution in [0.4, 0.5) is 0 Å². The van der Waals surface area contributed by atoms with Crippen molar-refractivity contribution in [1.29, 1.82) is 0 Å². The van der Waals surface area contributed by atoms with Crippen molar-refractivity contribution in [3.63, 3.8) is 0 Å². The third kappa shape index (κ3) is 3.05. The third-order valence-corrected chi connectivity index (χ3v) is 6.88. The summed E-state index contributed by atoms with van der Waals surface area (Å²) in [5.41, 5.74) is 0.814. The first-order valence-corrected chi connectivity index (χ1v) is 8.83. The molecule has 0 amide bonds. The molecule has 2 aliphatic carbocycles. The van der Waals surface area contributed by atoms with Crippen LogP contribution in [0.2, 0.25) is 0 Å². The molecule has 126 valence electrons. The van der Waals surface area contributed by atoms with E-state index in [1.54, 1.807) is 6.08 Å². The molecular formula is C20H34O2. The van der Waals surface area contributed by atoms with E-state index in [0.717, 1.165) is 32.1 Å². The van der Waals surface area contributed by atoms with Crippen molar-refractivity contribution < 1.29 is 10.2 Å². The molecule has 2 fully saturated rings. The fourth-order valence-corrected chi connectivity index (χ4v) is 5.34. The minimum absolute atomic E-state index is 0.0485. The van der Waals surface area contributed by atoms with Gasteiger partial charge in [-0.25, -0.2) is 0 Å². The van der Waals surface area contributed by atoms with Crippen molar-refractivity contribution in [1.82, 2.24) is 0 Å². The molecule has 2 aliphatic rings. The highest BCUT2D eigenvalue weighted by atomic mass is 16.3. The Bertz CT molecular complexity index is 439. The second-order valence-electron chi connectivity index (χ2n) is 8.57. The summed E-state index contributed by atoms with van der Waals surface area (Å²) in [6, 6.07) is 0. The van der Waals surface area contributed by atoms with Crippen LogP contribution in [0.15, 0.2) is 24.8 Å². The van der Waals surface area contributed by atoms with Crippen LogP contribution in [-0.4, -0.2) is 22.4 Å². The fourth-order valence-electron chi connectivity index (χ4n) is 5.34. The molecule has 0 saturated heterocycles. The second-order valence-corrected chi connectivity index (χ2v) is 8.57. The normalized spacial score (nSPS) is 41.6. The molecule has 0 aromatic heterocycles. The molecule has 5 atom stereocenters. The maximum atomic E-state index is 10.3. The zero-order chi connectivity index (χ0) is 16.6. The zero-order valence-electron chi connectivity index (χ0n) is 14.7. The molecule has 0 aliphatic heterocycles. The lowest BCUT2D eigenvalue weighted by Crippen LogP contribution is -2.52. The first kappa shape index (κ1) is 17.7. The molecule has 22 heavy (non-hydrogen) atoms. The van der Waals surface area contributed by atoms with Crippen molar-refractivity contribution in [2.45, 2.75) is 71.3 Å². The fraction of sp³-hybridized carbons (Fsp3) is 0.800. The van der Waals surface area contributed by atoms with Gasteiger partial charge in [0, 0.05) is 6.61 Å². The zero-order valence-corrected chi connectivity index (χ0v) is 14.7. The van der Waals surface area contributed by atoms with Crippen LogP contribution in [0, 0.1) is 22.7 Å². The number of hydrogen-bond acceptors (Lipinski definition) is 2. The van der Waals surface area contributed by atoms with E-state index in [1.165, 1.54) is 18.4 Å². The number of allylic oxidation sites excluding steroid dienone is 1. The van der Waals surface area contributed by atoms with E-state index in [9.17, 15) is 10.2 Å². The van der Waals surface area contributed by atoms with Crippen LogP contribution in [-0.2, 0) is 0 Å². The topological polar surface area (TPSA) is 40.5 Å². The van der Waals surface area contributed by atoms with Crippen molar-refractivity contribution in [3.05, 3.63) is 24.8 Å². The number of rotatable bonds is 5. The summed E-state index contributed by atoms with van der Waals surface area (Å²) in [5.74, 6) is 1.01. The second kappa shape index (κ2) is 6.13. The predicted molar refractivity (Wildman–Crippen MR) is 92.6 cm³/mol. The van der Waals surface area contributed by atoms with Crippen LogP contribution in [0.25, 0.3) is 0 Å². The summed E-state index contributed by atoms with van der Waals surface area (Å²) >= 11 is 0. The SMILES string of the molecule is C=C[C@](C)(O)CC[C@@H]1C(=C)CC[C@@H]2[C@@](C)(CO)CCC[C@@]12C. The lowest BCUT2D eigenvalue weighted by Gasteiger charge is -2.58. The highest BCUT2D eigenvalue weighted by Crippen LogP contribution is 2.61. The first-order chi connectivity index (χ1) is 10.2. The molecule has 0 spiro atoms. The van der Waals surface area contributed by atoms with Gasteiger partial charge in [-0.2, -0.15) is 0 Å². The Kier molecular flexibility index (Phi) is 4.94. The van der Waals surface area contributed by atoms with Crippen molar-refractivity contribution in [3.8, 4) is 0 Å². The molecule has 2 heteroatoms. The summed E-state index contributed by atoms with van der Waals surface area (Å²) in [6.07, 6.45) is 9.10. The van der Waals surface area contributed by atoms with Crippen LogP contribution < -0.4 is 0 Å². The molecular weight excluding hydrogens is 272 g/mol. The van der Waals surface area contributed by atoms with Gasteiger partial charge in [0.25, 0.3) is 0 Å². The molecule has 0 aromatic rings. The molecule has 2 saturated carbocycles. The Hall–Kier alpha value is -0.600. The number of fused-ring (bicyclic) bond motifs is 1. The van der Waals surface area contributed by atoms with Crippen molar-refractivity contribution >= 4 is 0 Å². The van der Waals surface area contributed by atoms with Gasteiger partial charge in [-0.1, -0.05) is 38.5 Å². The Morgan fingerprint density at radius 2 is 2.05 bits per heavy atom. The van der Waals surface area contributed by atoms with Crippen molar-refractivity contribution in [2.24, 2.45) is 22.7 Å². The number of aliphatic hydroxyl groups excluding tert-OH is 1. The highest BCUT2D eigenvalue weighted by Gasteiger charge is 2.54. The van der Waals surface area contributed by atoms with Gasteiger partial charge >= 0.3 is 0 Å². The van der Waals surface area contributed by atoms with Gasteiger partial charge in [0.15, 0.2) is 0 Å². The molecule has 0 unspecified atom stereocenters. The van der Waals surface area contributed by atoms with Gasteiger partial charge in [0.2, 0.25) is 0 Å². The Balaban J connectivity index is 2.24. The Labute approximate surface area is 136 Å². The van der Waals surface area contributed by atoms with Crippen LogP contribution >= 0.6 is 0 Å². The minimum atomic E-state index is -0.793. The molecule has 0 radical (unpaired) electrons. The number of aliphatic hydroxyl groups is 2. The van der Waals surface area contributed by atoms with E-state index in [-0.39, 0.29) is 17.4 Å². The molecule has 0 heterocycles. The van der Waals surface area contributed by atoms with E-state index in [1.807, 2.05) is 6.92 Å². The standard InChI is InChI=1S/C20H34O2/c1-6-19(4,22)13-10-16-15(2)8-9-17-18(3,14-21)11-7-12-20(16,17)5/h6,16-17,21-22H,1-2,7-14H2,3-5H3/t16-,17-,18-,19+,20+/m1/s1. The lowest BCUT2D eigenvalue weighted by atomic mass is 9.46. The molecule has 2 nitrogen and oxygen atoms in total. The van der Waals surface area contributed by atoms with Gasteiger partial charge in [-0.15, -0.1) is 6.58 Å². The quantitative estimate of drug-likeness (QED) is 0.735. The maximum Gasteiger partial charge on any atom is 0.0797 e. The van der Waals surface area contributed by atoms with E-state index >= 15 is 0 Å². The van der Waals surface area contributed by atoms with Gasteiger partial charge in [0.1, 0.15) is 0 Å². The van der Waals surface area contributed by atoms with Gasteiger partial charge in [-0.3, -0.25) is 0 Å². The van der Waals surface area contributed by atoms with E-state index in [2.05, 4.69) is 27.0 Å². The molecule has 0 bridgehead atoms. The van der Waals surface area contributed by atoms with Gasteiger partial charge in [0.05, 0.1) is 5.60 Å². The Morgan fingerprint density at radius 3 is 2.64 bits per heavy atom. The first-order valence-electron chi connectivity index (χ1n) is 8.83. The van der Waals surface area contributed by atoms with Crippen LogP contribution in [0.1, 0.15) is 65.7 Å². The van der Waals surface area contributed by atoms with Crippen LogP contribution in [0.3, 0.4) is 0 Å². The Morgan fingerprint density at radius 1 is 1.36 bits per heavy atom. The molecule has 2 N–H and O–H groups in total. The summed E-state index contributed by atoms with van der Waals surface area (Å²) in [7, 11) is 0. The van der Waals surface area contributed by atoms with E-state index in [4.69, 9.17) is 0 Å². The van der Waals surface area contributed by atoms with Crippen LogP contribution in [0.5, 0.6) is 0 Å². The summed E-state index contributed by atoms with van der Waals surface area (Å²) in [5, 5.41) is 20.3. The smallest absolute Gasteiger partial charge is 0.0797 e. The average Bonchev–Trinajstić information content (AvgIpc) is 2.46. The summed E-state index contributed by atoms with van der Waals surface area (Å²) < 4.78 is 0.